The Morgan fingerprint density at radius 2 is 2.00 bits per heavy atom. The first-order chi connectivity index (χ1) is 4.01. The van der Waals surface area contributed by atoms with E-state index < -0.39 is 0 Å². The fourth-order valence-electron chi connectivity index (χ4n) is 1.61. The van der Waals surface area contributed by atoms with Gasteiger partial charge in [-0.1, -0.05) is 13.8 Å². The van der Waals surface area contributed by atoms with Gasteiger partial charge >= 0.3 is 0 Å². The highest BCUT2D eigenvalue weighted by atomic mass is 31.0. The van der Waals surface area contributed by atoms with Crippen molar-refractivity contribution in [3.63, 3.8) is 0 Å². The zero-order valence-corrected chi connectivity index (χ0v) is 7.80. The molecule has 1 aliphatic rings. The van der Waals surface area contributed by atoms with Gasteiger partial charge in [0.15, 0.2) is 0 Å². The van der Waals surface area contributed by atoms with Crippen LogP contribution in [-0.2, 0) is 0 Å². The lowest BCUT2D eigenvalue weighted by atomic mass is 9.60. The van der Waals surface area contributed by atoms with Crippen molar-refractivity contribution in [1.29, 1.82) is 0 Å². The van der Waals surface area contributed by atoms with E-state index in [1.165, 1.54) is 12.8 Å². The quantitative estimate of drug-likeness (QED) is 0.381. The van der Waals surface area contributed by atoms with Crippen LogP contribution in [0.25, 0.3) is 0 Å². The van der Waals surface area contributed by atoms with Gasteiger partial charge in [-0.3, -0.25) is 0 Å². The normalized spacial score (nSPS) is 42.9. The first-order valence-corrected chi connectivity index (χ1v) is 4.38. The molecule has 0 aromatic carbocycles. The van der Waals surface area contributed by atoms with Gasteiger partial charge in [0.1, 0.15) is 7.85 Å². The van der Waals surface area contributed by atoms with Crippen molar-refractivity contribution in [3.8, 4) is 0 Å². The molecule has 1 aliphatic carbocycles. The summed E-state index contributed by atoms with van der Waals surface area (Å²) in [4.78, 5) is 0. The lowest BCUT2D eigenvalue weighted by Crippen LogP contribution is -2.40. The fraction of sp³-hybridized carbons (Fsp3) is 1.00. The van der Waals surface area contributed by atoms with Gasteiger partial charge in [0.2, 0.25) is 0 Å². The third-order valence-corrected chi connectivity index (χ3v) is 2.87. The summed E-state index contributed by atoms with van der Waals surface area (Å²) in [5.74, 6) is 1.91. The standard InChI is InChI=1S/C7H16BP/c1-5(2)6-3-7(8,9)4-6/h5-6H,3-4,8-9H2,1-2H3. The predicted octanol–water partition coefficient (Wildman–Crippen LogP) is 1.26. The van der Waals surface area contributed by atoms with E-state index in [9.17, 15) is 0 Å². The van der Waals surface area contributed by atoms with Gasteiger partial charge in [-0.05, 0) is 29.7 Å². The van der Waals surface area contributed by atoms with Gasteiger partial charge in [-0.15, -0.1) is 9.24 Å². The van der Waals surface area contributed by atoms with E-state index in [0.29, 0.717) is 5.06 Å². The van der Waals surface area contributed by atoms with Crippen LogP contribution in [0.3, 0.4) is 0 Å². The summed E-state index contributed by atoms with van der Waals surface area (Å²) in [6.07, 6.45) is 2.82. The first-order valence-electron chi connectivity index (χ1n) is 3.80. The van der Waals surface area contributed by atoms with Crippen LogP contribution in [0.1, 0.15) is 26.7 Å². The molecule has 0 aromatic heterocycles. The summed E-state index contributed by atoms with van der Waals surface area (Å²) in [7, 11) is 5.28. The molecule has 1 fully saturated rings. The Balaban J connectivity index is 2.27. The molecule has 0 heterocycles. The average Bonchev–Trinajstić information content (AvgIpc) is 1.59. The molecule has 9 heavy (non-hydrogen) atoms. The minimum atomic E-state index is 0.592. The summed E-state index contributed by atoms with van der Waals surface area (Å²) in [6, 6.07) is 0. The van der Waals surface area contributed by atoms with Crippen molar-refractivity contribution in [2.24, 2.45) is 11.8 Å². The second-order valence-corrected chi connectivity index (χ2v) is 5.46. The fourth-order valence-corrected chi connectivity index (χ4v) is 2.22. The summed E-state index contributed by atoms with van der Waals surface area (Å²) >= 11 is 0. The van der Waals surface area contributed by atoms with Crippen LogP contribution in [0.15, 0.2) is 0 Å². The van der Waals surface area contributed by atoms with Crippen molar-refractivity contribution in [2.45, 2.75) is 31.7 Å². The lowest BCUT2D eigenvalue weighted by molar-refractivity contribution is 0.222. The van der Waals surface area contributed by atoms with Crippen LogP contribution in [0, 0.1) is 11.8 Å². The van der Waals surface area contributed by atoms with Gasteiger partial charge in [0.25, 0.3) is 0 Å². The minimum Gasteiger partial charge on any atom is -0.140 e. The molecule has 52 valence electrons. The van der Waals surface area contributed by atoms with Crippen LogP contribution in [0.4, 0.5) is 0 Å². The van der Waals surface area contributed by atoms with E-state index in [-0.39, 0.29) is 0 Å². The summed E-state index contributed by atoms with van der Waals surface area (Å²) in [5.41, 5.74) is 0. The molecule has 1 unspecified atom stereocenters. The number of rotatable bonds is 1. The SMILES string of the molecule is BC1(P)CC(C(C)C)C1. The Morgan fingerprint density at radius 3 is 2.11 bits per heavy atom. The monoisotopic (exact) mass is 142 g/mol. The van der Waals surface area contributed by atoms with Crippen LogP contribution < -0.4 is 0 Å². The van der Waals surface area contributed by atoms with Crippen molar-refractivity contribution in [2.75, 3.05) is 0 Å². The van der Waals surface area contributed by atoms with Crippen LogP contribution in [0.5, 0.6) is 0 Å². The zero-order valence-electron chi connectivity index (χ0n) is 6.65. The molecule has 0 radical (unpaired) electrons. The van der Waals surface area contributed by atoms with Gasteiger partial charge in [-0.2, -0.15) is 0 Å². The Hall–Kier alpha value is 0.495. The van der Waals surface area contributed by atoms with E-state index in [1.54, 1.807) is 0 Å². The van der Waals surface area contributed by atoms with E-state index in [4.69, 9.17) is 0 Å². The van der Waals surface area contributed by atoms with E-state index in [0.717, 1.165) is 11.8 Å². The van der Waals surface area contributed by atoms with E-state index >= 15 is 0 Å². The predicted molar refractivity (Wildman–Crippen MR) is 48.5 cm³/mol. The lowest BCUT2D eigenvalue weighted by Gasteiger charge is -2.44. The molecular formula is C7H16BP. The van der Waals surface area contributed by atoms with Crippen LogP contribution >= 0.6 is 9.24 Å². The third kappa shape index (κ3) is 1.71. The molecule has 0 spiro atoms. The molecule has 0 N–H and O–H groups in total. The topological polar surface area (TPSA) is 0 Å². The molecule has 2 heteroatoms. The van der Waals surface area contributed by atoms with Crippen molar-refractivity contribution in [1.82, 2.24) is 0 Å². The minimum absolute atomic E-state index is 0.592. The molecule has 1 atom stereocenters. The molecule has 0 aromatic rings. The maximum Gasteiger partial charge on any atom is 0.114 e. The summed E-state index contributed by atoms with van der Waals surface area (Å²) < 4.78 is 0. The molecular weight excluding hydrogens is 126 g/mol. The molecule has 0 aliphatic heterocycles. The van der Waals surface area contributed by atoms with Gasteiger partial charge < -0.3 is 0 Å². The Morgan fingerprint density at radius 1 is 1.56 bits per heavy atom. The zero-order chi connectivity index (χ0) is 7.07. The van der Waals surface area contributed by atoms with Crippen molar-refractivity contribution in [3.05, 3.63) is 0 Å². The highest BCUT2D eigenvalue weighted by Crippen LogP contribution is 2.45. The maximum atomic E-state index is 2.95. The smallest absolute Gasteiger partial charge is 0.114 e. The summed E-state index contributed by atoms with van der Waals surface area (Å²) in [5, 5.41) is 0.592. The Bertz CT molecular complexity index is 101. The largest absolute Gasteiger partial charge is 0.140 e. The molecule has 0 nitrogen and oxygen atoms in total. The highest BCUT2D eigenvalue weighted by Gasteiger charge is 2.37. The van der Waals surface area contributed by atoms with Crippen LogP contribution in [-0.4, -0.2) is 12.9 Å². The highest BCUT2D eigenvalue weighted by molar-refractivity contribution is 7.22. The number of hydrogen-bond donors (Lipinski definition) is 0. The maximum absolute atomic E-state index is 2.95. The Kier molecular flexibility index (Phi) is 1.92. The van der Waals surface area contributed by atoms with Gasteiger partial charge in [0, 0.05) is 0 Å². The van der Waals surface area contributed by atoms with Gasteiger partial charge in [0.05, 0.1) is 0 Å². The molecule has 0 saturated heterocycles. The first kappa shape index (κ1) is 7.60. The molecule has 0 amide bonds. The molecule has 0 bridgehead atoms. The van der Waals surface area contributed by atoms with E-state index in [2.05, 4.69) is 30.9 Å². The Labute approximate surface area is 61.4 Å². The van der Waals surface area contributed by atoms with Crippen LogP contribution in [0.2, 0.25) is 0 Å². The third-order valence-electron chi connectivity index (χ3n) is 2.40. The second-order valence-electron chi connectivity index (χ2n) is 4.07. The van der Waals surface area contributed by atoms with Crippen molar-refractivity contribution < 1.29 is 0 Å². The van der Waals surface area contributed by atoms with Gasteiger partial charge in [-0.25, -0.2) is 0 Å². The molecule has 1 saturated carbocycles. The molecule has 1 rings (SSSR count). The van der Waals surface area contributed by atoms with Crippen molar-refractivity contribution >= 4 is 17.1 Å². The number of hydrogen-bond acceptors (Lipinski definition) is 0. The summed E-state index contributed by atoms with van der Waals surface area (Å²) in [6.45, 7) is 4.65. The average molecular weight is 142 g/mol. The second kappa shape index (κ2) is 2.27. The van der Waals surface area contributed by atoms with E-state index in [1.807, 2.05) is 0 Å².